The number of anilines is 2. The van der Waals surface area contributed by atoms with Gasteiger partial charge >= 0.3 is 0 Å². The molecule has 0 fully saturated rings. The first-order valence-corrected chi connectivity index (χ1v) is 5.45. The number of thiazole rings is 1. The van der Waals surface area contributed by atoms with Crippen molar-refractivity contribution < 1.29 is 4.84 Å². The van der Waals surface area contributed by atoms with E-state index in [0.29, 0.717) is 0 Å². The van der Waals surface area contributed by atoms with E-state index in [-0.39, 0.29) is 0 Å². The van der Waals surface area contributed by atoms with Crippen LogP contribution in [0.3, 0.4) is 0 Å². The highest BCUT2D eigenvalue weighted by molar-refractivity contribution is 7.13. The normalized spacial score (nSPS) is 10.6. The molecule has 6 heteroatoms. The number of nitrogens with zero attached hydrogens (tertiary/aromatic N) is 3. The number of nitrogens with one attached hydrogen (secondary N) is 1. The maximum atomic E-state index is 4.58. The van der Waals surface area contributed by atoms with E-state index in [4.69, 9.17) is 0 Å². The Kier molecular flexibility index (Phi) is 3.45. The van der Waals surface area contributed by atoms with Crippen LogP contribution in [-0.2, 0) is 4.84 Å². The number of aromatic nitrogens is 2. The van der Waals surface area contributed by atoms with Crippen LogP contribution in [0.2, 0.25) is 0 Å². The predicted molar refractivity (Wildman–Crippen MR) is 64.2 cm³/mol. The second-order valence-corrected chi connectivity index (χ2v) is 3.72. The SMILES string of the molecule is CON=Cc1csc(Nc2cccnc2)n1. The summed E-state index contributed by atoms with van der Waals surface area (Å²) in [7, 11) is 1.50. The van der Waals surface area contributed by atoms with Gasteiger partial charge in [-0.3, -0.25) is 4.98 Å². The molecule has 0 unspecified atom stereocenters. The van der Waals surface area contributed by atoms with Gasteiger partial charge in [0.25, 0.3) is 0 Å². The lowest BCUT2D eigenvalue weighted by molar-refractivity contribution is 0.215. The molecule has 2 heterocycles. The minimum atomic E-state index is 0.762. The van der Waals surface area contributed by atoms with Gasteiger partial charge in [0.1, 0.15) is 7.11 Å². The van der Waals surface area contributed by atoms with E-state index >= 15 is 0 Å². The third kappa shape index (κ3) is 2.77. The van der Waals surface area contributed by atoms with E-state index in [0.717, 1.165) is 16.5 Å². The lowest BCUT2D eigenvalue weighted by Crippen LogP contribution is -1.90. The minimum Gasteiger partial charge on any atom is -0.399 e. The summed E-state index contributed by atoms with van der Waals surface area (Å²) >= 11 is 1.50. The Labute approximate surface area is 96.8 Å². The molecule has 2 aromatic rings. The van der Waals surface area contributed by atoms with Crippen LogP contribution in [0.1, 0.15) is 5.69 Å². The van der Waals surface area contributed by atoms with Crippen molar-refractivity contribution in [1.29, 1.82) is 0 Å². The minimum absolute atomic E-state index is 0.762. The molecule has 0 aliphatic heterocycles. The van der Waals surface area contributed by atoms with Crippen molar-refractivity contribution in [3.8, 4) is 0 Å². The first-order valence-electron chi connectivity index (χ1n) is 4.57. The summed E-state index contributed by atoms with van der Waals surface area (Å²) in [6, 6.07) is 3.79. The molecule has 82 valence electrons. The topological polar surface area (TPSA) is 59.4 Å². The second kappa shape index (κ2) is 5.22. The van der Waals surface area contributed by atoms with E-state index in [9.17, 15) is 0 Å². The quantitative estimate of drug-likeness (QED) is 0.651. The van der Waals surface area contributed by atoms with E-state index in [1.165, 1.54) is 18.4 Å². The Morgan fingerprint density at radius 2 is 2.50 bits per heavy atom. The van der Waals surface area contributed by atoms with Gasteiger partial charge in [-0.05, 0) is 12.1 Å². The lowest BCUT2D eigenvalue weighted by atomic mass is 10.4. The number of hydrogen-bond acceptors (Lipinski definition) is 6. The van der Waals surface area contributed by atoms with Crippen molar-refractivity contribution in [3.05, 3.63) is 35.6 Å². The molecule has 0 aliphatic rings. The zero-order valence-corrected chi connectivity index (χ0v) is 9.44. The molecule has 1 N–H and O–H groups in total. The fourth-order valence-corrected chi connectivity index (χ4v) is 1.75. The van der Waals surface area contributed by atoms with Gasteiger partial charge in [-0.15, -0.1) is 11.3 Å². The maximum Gasteiger partial charge on any atom is 0.187 e. The Morgan fingerprint density at radius 1 is 1.56 bits per heavy atom. The van der Waals surface area contributed by atoms with Crippen molar-refractivity contribution in [1.82, 2.24) is 9.97 Å². The first-order chi connectivity index (χ1) is 7.88. The Morgan fingerprint density at radius 3 is 3.25 bits per heavy atom. The van der Waals surface area contributed by atoms with E-state index < -0.39 is 0 Å². The van der Waals surface area contributed by atoms with E-state index in [1.807, 2.05) is 17.5 Å². The van der Waals surface area contributed by atoms with Gasteiger partial charge < -0.3 is 10.2 Å². The highest BCUT2D eigenvalue weighted by atomic mass is 32.1. The van der Waals surface area contributed by atoms with E-state index in [1.54, 1.807) is 18.6 Å². The molecule has 0 amide bonds. The van der Waals surface area contributed by atoms with Crippen LogP contribution in [0.15, 0.2) is 35.1 Å². The van der Waals surface area contributed by atoms with Crippen LogP contribution in [0, 0.1) is 0 Å². The second-order valence-electron chi connectivity index (χ2n) is 2.86. The average molecular weight is 234 g/mol. The van der Waals surface area contributed by atoms with Crippen molar-refractivity contribution in [2.45, 2.75) is 0 Å². The number of pyridine rings is 1. The Hall–Kier alpha value is -1.95. The van der Waals surface area contributed by atoms with Crippen molar-refractivity contribution >= 4 is 28.4 Å². The monoisotopic (exact) mass is 234 g/mol. The number of oxime groups is 1. The molecule has 0 saturated heterocycles. The zero-order chi connectivity index (χ0) is 11.2. The van der Waals surface area contributed by atoms with Crippen LogP contribution >= 0.6 is 11.3 Å². The molecule has 0 aliphatic carbocycles. The summed E-state index contributed by atoms with van der Waals surface area (Å²) in [5.74, 6) is 0. The van der Waals surface area contributed by atoms with Crippen LogP contribution in [0.5, 0.6) is 0 Å². The molecule has 2 rings (SSSR count). The lowest BCUT2D eigenvalue weighted by Gasteiger charge is -1.99. The summed E-state index contributed by atoms with van der Waals surface area (Å²) in [4.78, 5) is 12.9. The van der Waals surface area contributed by atoms with Crippen LogP contribution in [0.25, 0.3) is 0 Å². The molecule has 0 bridgehead atoms. The molecule has 0 atom stereocenters. The summed E-state index contributed by atoms with van der Waals surface area (Å²) in [6.07, 6.45) is 5.03. The highest BCUT2D eigenvalue weighted by Gasteiger charge is 2.00. The summed E-state index contributed by atoms with van der Waals surface area (Å²) in [5.41, 5.74) is 1.67. The van der Waals surface area contributed by atoms with Gasteiger partial charge in [0.05, 0.1) is 23.8 Å². The summed E-state index contributed by atoms with van der Waals surface area (Å²) < 4.78 is 0. The molecule has 0 aromatic carbocycles. The Balaban J connectivity index is 2.06. The van der Waals surface area contributed by atoms with Crippen molar-refractivity contribution in [3.63, 3.8) is 0 Å². The average Bonchev–Trinajstić information content (AvgIpc) is 2.75. The van der Waals surface area contributed by atoms with Crippen molar-refractivity contribution in [2.75, 3.05) is 12.4 Å². The Bertz CT molecular complexity index is 469. The molecule has 0 spiro atoms. The molecular formula is C10H10N4OS. The first kappa shape index (κ1) is 10.6. The van der Waals surface area contributed by atoms with Gasteiger partial charge in [-0.25, -0.2) is 4.98 Å². The van der Waals surface area contributed by atoms with Gasteiger partial charge in [0.15, 0.2) is 5.13 Å². The molecule has 0 radical (unpaired) electrons. The molecule has 2 aromatic heterocycles. The van der Waals surface area contributed by atoms with Crippen LogP contribution < -0.4 is 5.32 Å². The largest absolute Gasteiger partial charge is 0.399 e. The maximum absolute atomic E-state index is 4.58. The van der Waals surface area contributed by atoms with Crippen LogP contribution in [-0.4, -0.2) is 23.3 Å². The third-order valence-corrected chi connectivity index (χ3v) is 2.50. The van der Waals surface area contributed by atoms with Gasteiger partial charge in [0, 0.05) is 11.6 Å². The fraction of sp³-hybridized carbons (Fsp3) is 0.100. The van der Waals surface area contributed by atoms with Crippen molar-refractivity contribution in [2.24, 2.45) is 5.16 Å². The third-order valence-electron chi connectivity index (χ3n) is 1.73. The van der Waals surface area contributed by atoms with Gasteiger partial charge in [0.2, 0.25) is 0 Å². The number of hydrogen-bond donors (Lipinski definition) is 1. The molecule has 0 saturated carbocycles. The molecular weight excluding hydrogens is 224 g/mol. The highest BCUT2D eigenvalue weighted by Crippen LogP contribution is 2.19. The van der Waals surface area contributed by atoms with E-state index in [2.05, 4.69) is 25.3 Å². The molecule has 5 nitrogen and oxygen atoms in total. The zero-order valence-electron chi connectivity index (χ0n) is 8.62. The smallest absolute Gasteiger partial charge is 0.187 e. The van der Waals surface area contributed by atoms with Crippen LogP contribution in [0.4, 0.5) is 10.8 Å². The van der Waals surface area contributed by atoms with Gasteiger partial charge in [-0.1, -0.05) is 5.16 Å². The standard InChI is InChI=1S/C10H10N4OS/c1-15-12-6-9-7-16-10(14-9)13-8-3-2-4-11-5-8/h2-7H,1H3,(H,13,14). The molecule has 16 heavy (non-hydrogen) atoms. The summed E-state index contributed by atoms with van der Waals surface area (Å²) in [5, 5.41) is 9.47. The number of rotatable bonds is 4. The predicted octanol–water partition coefficient (Wildman–Crippen LogP) is 2.26. The van der Waals surface area contributed by atoms with Gasteiger partial charge in [-0.2, -0.15) is 0 Å². The summed E-state index contributed by atoms with van der Waals surface area (Å²) in [6.45, 7) is 0. The fourth-order valence-electron chi connectivity index (χ4n) is 1.07.